The summed E-state index contributed by atoms with van der Waals surface area (Å²) in [6.45, 7) is 5.06. The molecule has 0 N–H and O–H groups in total. The second kappa shape index (κ2) is 3.64. The largest absolute Gasteiger partial charge is 0.308 e. The summed E-state index contributed by atoms with van der Waals surface area (Å²) in [5, 5.41) is 1.93. The number of aromatic nitrogens is 1. The Hall–Kier alpha value is -0.610. The zero-order valence-electron chi connectivity index (χ0n) is 7.82. The zero-order valence-corrected chi connectivity index (χ0v) is 8.64. The van der Waals surface area contributed by atoms with Crippen molar-refractivity contribution in [2.45, 2.75) is 26.4 Å². The van der Waals surface area contributed by atoms with Crippen molar-refractivity contribution in [1.29, 1.82) is 0 Å². The number of likely N-dealkylation sites (tertiary alicyclic amines) is 1. The molecular weight excluding hydrogens is 184 g/mol. The van der Waals surface area contributed by atoms with Crippen LogP contribution < -0.4 is 4.87 Å². The van der Waals surface area contributed by atoms with E-state index in [4.69, 9.17) is 0 Å². The zero-order chi connectivity index (χ0) is 9.26. The molecule has 2 rings (SSSR count). The van der Waals surface area contributed by atoms with Crippen LogP contribution in [0.1, 0.15) is 18.5 Å². The van der Waals surface area contributed by atoms with Gasteiger partial charge in [0.15, 0.2) is 0 Å². The molecule has 1 aliphatic rings. The summed E-state index contributed by atoms with van der Waals surface area (Å²) in [6.07, 6.45) is 2.55. The van der Waals surface area contributed by atoms with Crippen molar-refractivity contribution in [2.75, 3.05) is 13.1 Å². The fourth-order valence-corrected chi connectivity index (χ4v) is 2.43. The molecule has 2 heterocycles. The van der Waals surface area contributed by atoms with Gasteiger partial charge in [0.2, 0.25) is 0 Å². The number of thiazole rings is 1. The van der Waals surface area contributed by atoms with Crippen molar-refractivity contribution in [3.8, 4) is 0 Å². The lowest BCUT2D eigenvalue weighted by Gasteiger charge is -2.15. The van der Waals surface area contributed by atoms with E-state index in [-0.39, 0.29) is 4.87 Å². The van der Waals surface area contributed by atoms with Crippen LogP contribution in [0.2, 0.25) is 0 Å². The Bertz CT molecular complexity index is 336. The average molecular weight is 198 g/mol. The van der Waals surface area contributed by atoms with Gasteiger partial charge in [-0.1, -0.05) is 11.3 Å². The standard InChI is InChI=1S/C9H14N2OS/c1-8-6-13-9(12)11(8)7-10-4-2-3-5-10/h6H,2-5,7H2,1H3. The monoisotopic (exact) mass is 198 g/mol. The van der Waals surface area contributed by atoms with E-state index in [9.17, 15) is 4.79 Å². The third-order valence-corrected chi connectivity index (χ3v) is 3.40. The fourth-order valence-electron chi connectivity index (χ4n) is 1.70. The SMILES string of the molecule is Cc1csc(=O)n1CN1CCCC1. The molecule has 1 aliphatic heterocycles. The number of hydrogen-bond donors (Lipinski definition) is 0. The molecule has 0 spiro atoms. The first kappa shape index (κ1) is 8.97. The van der Waals surface area contributed by atoms with Gasteiger partial charge in [0.25, 0.3) is 0 Å². The molecule has 3 nitrogen and oxygen atoms in total. The van der Waals surface area contributed by atoms with Crippen LogP contribution in [-0.2, 0) is 6.67 Å². The maximum atomic E-state index is 11.4. The summed E-state index contributed by atoms with van der Waals surface area (Å²) < 4.78 is 1.86. The average Bonchev–Trinajstić information content (AvgIpc) is 2.70. The summed E-state index contributed by atoms with van der Waals surface area (Å²) in [5.74, 6) is 0. The molecule has 1 aromatic heterocycles. The molecule has 0 radical (unpaired) electrons. The van der Waals surface area contributed by atoms with Gasteiger partial charge < -0.3 is 0 Å². The first-order valence-electron chi connectivity index (χ1n) is 4.64. The van der Waals surface area contributed by atoms with Crippen molar-refractivity contribution in [2.24, 2.45) is 0 Å². The van der Waals surface area contributed by atoms with Gasteiger partial charge in [0.1, 0.15) is 0 Å². The predicted molar refractivity (Wildman–Crippen MR) is 54.1 cm³/mol. The highest BCUT2D eigenvalue weighted by atomic mass is 32.1. The Morgan fingerprint density at radius 1 is 1.46 bits per heavy atom. The van der Waals surface area contributed by atoms with E-state index in [0.29, 0.717) is 0 Å². The fraction of sp³-hybridized carbons (Fsp3) is 0.667. The molecule has 1 fully saturated rings. The molecule has 0 aliphatic carbocycles. The lowest BCUT2D eigenvalue weighted by molar-refractivity contribution is 0.265. The Balaban J connectivity index is 2.12. The lowest BCUT2D eigenvalue weighted by Crippen LogP contribution is -2.28. The van der Waals surface area contributed by atoms with Crippen LogP contribution in [0.25, 0.3) is 0 Å². The van der Waals surface area contributed by atoms with Gasteiger partial charge in [-0.3, -0.25) is 14.3 Å². The first-order valence-corrected chi connectivity index (χ1v) is 5.52. The summed E-state index contributed by atoms with van der Waals surface area (Å²) in [4.78, 5) is 13.9. The molecule has 72 valence electrons. The van der Waals surface area contributed by atoms with Crippen LogP contribution in [0, 0.1) is 6.92 Å². The molecule has 13 heavy (non-hydrogen) atoms. The van der Waals surface area contributed by atoms with E-state index in [1.54, 1.807) is 0 Å². The molecule has 4 heteroatoms. The van der Waals surface area contributed by atoms with E-state index in [1.165, 1.54) is 24.2 Å². The minimum absolute atomic E-state index is 0.171. The van der Waals surface area contributed by atoms with Crippen molar-refractivity contribution >= 4 is 11.3 Å². The van der Waals surface area contributed by atoms with Gasteiger partial charge in [0, 0.05) is 11.1 Å². The Morgan fingerprint density at radius 2 is 2.15 bits per heavy atom. The molecule has 0 saturated carbocycles. The molecule has 1 saturated heterocycles. The van der Waals surface area contributed by atoms with Gasteiger partial charge in [-0.05, 0) is 32.9 Å². The van der Waals surface area contributed by atoms with Crippen LogP contribution in [-0.4, -0.2) is 22.6 Å². The molecule has 0 aromatic carbocycles. The van der Waals surface area contributed by atoms with Gasteiger partial charge >= 0.3 is 4.87 Å². The molecule has 1 aromatic rings. The molecular formula is C9H14N2OS. The van der Waals surface area contributed by atoms with E-state index in [2.05, 4.69) is 4.90 Å². The van der Waals surface area contributed by atoms with Crippen LogP contribution in [0.3, 0.4) is 0 Å². The van der Waals surface area contributed by atoms with Crippen molar-refractivity contribution in [3.63, 3.8) is 0 Å². The molecule has 0 amide bonds. The second-order valence-corrected chi connectivity index (χ2v) is 4.36. The first-order chi connectivity index (χ1) is 6.27. The number of hydrogen-bond acceptors (Lipinski definition) is 3. The smallest absolute Gasteiger partial charge is 0.290 e. The van der Waals surface area contributed by atoms with E-state index < -0.39 is 0 Å². The van der Waals surface area contributed by atoms with Crippen LogP contribution in [0.15, 0.2) is 10.2 Å². The lowest BCUT2D eigenvalue weighted by atomic mass is 10.4. The summed E-state index contributed by atoms with van der Waals surface area (Å²) in [7, 11) is 0. The quantitative estimate of drug-likeness (QED) is 0.715. The number of rotatable bonds is 2. The van der Waals surface area contributed by atoms with Gasteiger partial charge in [-0.2, -0.15) is 0 Å². The van der Waals surface area contributed by atoms with Crippen LogP contribution in [0.5, 0.6) is 0 Å². The summed E-state index contributed by atoms with van der Waals surface area (Å²) in [5.41, 5.74) is 1.09. The van der Waals surface area contributed by atoms with Gasteiger partial charge in [-0.15, -0.1) is 0 Å². The number of nitrogens with zero attached hydrogens (tertiary/aromatic N) is 2. The number of aryl methyl sites for hydroxylation is 1. The third-order valence-electron chi connectivity index (χ3n) is 2.52. The normalized spacial score (nSPS) is 18.2. The summed E-state index contributed by atoms with van der Waals surface area (Å²) >= 11 is 1.30. The van der Waals surface area contributed by atoms with Crippen molar-refractivity contribution in [3.05, 3.63) is 20.7 Å². The second-order valence-electron chi connectivity index (χ2n) is 3.54. The third kappa shape index (κ3) is 1.84. The highest BCUT2D eigenvalue weighted by Gasteiger charge is 2.13. The minimum Gasteiger partial charge on any atom is -0.290 e. The Labute approximate surface area is 81.6 Å². The van der Waals surface area contributed by atoms with Crippen LogP contribution in [0.4, 0.5) is 0 Å². The topological polar surface area (TPSA) is 25.2 Å². The predicted octanol–water partition coefficient (Wildman–Crippen LogP) is 1.27. The maximum Gasteiger partial charge on any atom is 0.308 e. The van der Waals surface area contributed by atoms with E-state index >= 15 is 0 Å². The van der Waals surface area contributed by atoms with E-state index in [0.717, 1.165) is 25.5 Å². The van der Waals surface area contributed by atoms with Gasteiger partial charge in [0.05, 0.1) is 6.67 Å². The molecule has 0 bridgehead atoms. The van der Waals surface area contributed by atoms with Crippen molar-refractivity contribution in [1.82, 2.24) is 9.47 Å². The highest BCUT2D eigenvalue weighted by Crippen LogP contribution is 2.09. The Morgan fingerprint density at radius 3 is 2.69 bits per heavy atom. The molecule has 0 unspecified atom stereocenters. The maximum absolute atomic E-state index is 11.4. The van der Waals surface area contributed by atoms with Crippen LogP contribution >= 0.6 is 11.3 Å². The minimum atomic E-state index is 0.171. The van der Waals surface area contributed by atoms with Gasteiger partial charge in [-0.25, -0.2) is 0 Å². The highest BCUT2D eigenvalue weighted by molar-refractivity contribution is 7.07. The molecule has 0 atom stereocenters. The summed E-state index contributed by atoms with van der Waals surface area (Å²) in [6, 6.07) is 0. The Kier molecular flexibility index (Phi) is 2.51. The van der Waals surface area contributed by atoms with Crippen molar-refractivity contribution < 1.29 is 0 Å². The van der Waals surface area contributed by atoms with E-state index in [1.807, 2.05) is 16.9 Å².